The molecular weight excluding hydrogens is 202 g/mol. The van der Waals surface area contributed by atoms with Crippen LogP contribution >= 0.6 is 0 Å². The zero-order chi connectivity index (χ0) is 10.8. The highest BCUT2D eigenvalue weighted by Crippen LogP contribution is 2.27. The molecule has 1 aliphatic heterocycles. The number of carbonyl (C=O) groups is 1. The van der Waals surface area contributed by atoms with Gasteiger partial charge in [0.1, 0.15) is 0 Å². The molecule has 14 heavy (non-hydrogen) atoms. The average Bonchev–Trinajstić information content (AvgIpc) is 2.08. The van der Waals surface area contributed by atoms with Gasteiger partial charge in [-0.2, -0.15) is 0 Å². The summed E-state index contributed by atoms with van der Waals surface area (Å²) >= 11 is 0. The normalized spacial score (nSPS) is 30.9. The second-order valence-corrected chi connectivity index (χ2v) is 6.04. The van der Waals surface area contributed by atoms with Crippen LogP contribution in [0.3, 0.4) is 0 Å². The van der Waals surface area contributed by atoms with Gasteiger partial charge in [-0.1, -0.05) is 6.08 Å². The summed E-state index contributed by atoms with van der Waals surface area (Å²) in [6, 6.07) is 0. The largest absolute Gasteiger partial charge is 0.369 e. The predicted molar refractivity (Wildman–Crippen MR) is 54.3 cm³/mol. The Balaban J connectivity index is 2.77. The zero-order valence-electron chi connectivity index (χ0n) is 7.98. The molecule has 2 unspecified atom stereocenters. The molecule has 1 amide bonds. The smallest absolute Gasteiger partial charge is 0.220 e. The van der Waals surface area contributed by atoms with Crippen molar-refractivity contribution in [2.45, 2.75) is 24.5 Å². The summed E-state index contributed by atoms with van der Waals surface area (Å²) in [5.74, 6) is -0.614. The topological polar surface area (TPSA) is 77.2 Å². The lowest BCUT2D eigenvalue weighted by atomic mass is 9.97. The fourth-order valence-corrected chi connectivity index (χ4v) is 3.64. The molecule has 0 aromatic rings. The van der Waals surface area contributed by atoms with Gasteiger partial charge in [0.15, 0.2) is 9.84 Å². The Morgan fingerprint density at radius 2 is 2.21 bits per heavy atom. The number of hydrogen-bond acceptors (Lipinski definition) is 3. The molecule has 1 heterocycles. The molecular formula is C9H15NO3S. The molecule has 0 spiro atoms. The van der Waals surface area contributed by atoms with Crippen molar-refractivity contribution in [1.29, 1.82) is 0 Å². The summed E-state index contributed by atoms with van der Waals surface area (Å²) in [5, 5.41) is -0.466. The Bertz CT molecular complexity index is 334. The van der Waals surface area contributed by atoms with E-state index >= 15 is 0 Å². The van der Waals surface area contributed by atoms with E-state index in [0.717, 1.165) is 0 Å². The fourth-order valence-electron chi connectivity index (χ4n) is 1.74. The summed E-state index contributed by atoms with van der Waals surface area (Å²) in [7, 11) is -3.03. The van der Waals surface area contributed by atoms with Crippen LogP contribution in [0.2, 0.25) is 0 Å². The molecule has 5 heteroatoms. The van der Waals surface area contributed by atoms with Crippen molar-refractivity contribution in [3.05, 3.63) is 12.7 Å². The highest BCUT2D eigenvalue weighted by molar-refractivity contribution is 7.92. The minimum atomic E-state index is -3.03. The van der Waals surface area contributed by atoms with Gasteiger partial charge >= 0.3 is 0 Å². The SMILES string of the molecule is C=CCC1CC(C(N)=O)CCS1(=O)=O. The van der Waals surface area contributed by atoms with Gasteiger partial charge in [0.2, 0.25) is 5.91 Å². The Morgan fingerprint density at radius 3 is 2.71 bits per heavy atom. The van der Waals surface area contributed by atoms with Gasteiger partial charge < -0.3 is 5.73 Å². The van der Waals surface area contributed by atoms with Gasteiger partial charge in [0, 0.05) is 5.92 Å². The second-order valence-electron chi connectivity index (χ2n) is 3.64. The summed E-state index contributed by atoms with van der Waals surface area (Å²) in [5.41, 5.74) is 5.15. The first-order valence-electron chi connectivity index (χ1n) is 4.59. The van der Waals surface area contributed by atoms with E-state index in [0.29, 0.717) is 19.3 Å². The molecule has 1 saturated heterocycles. The predicted octanol–water partition coefficient (Wildman–Crippen LogP) is 0.241. The minimum Gasteiger partial charge on any atom is -0.369 e. The summed E-state index contributed by atoms with van der Waals surface area (Å²) in [6.07, 6.45) is 2.70. The Morgan fingerprint density at radius 1 is 1.57 bits per heavy atom. The number of nitrogens with two attached hydrogens (primary N) is 1. The second kappa shape index (κ2) is 4.13. The monoisotopic (exact) mass is 217 g/mol. The Labute approximate surface area is 84.1 Å². The lowest BCUT2D eigenvalue weighted by Gasteiger charge is -2.26. The molecule has 0 aliphatic carbocycles. The van der Waals surface area contributed by atoms with Crippen molar-refractivity contribution in [2.75, 3.05) is 5.75 Å². The minimum absolute atomic E-state index is 0.0686. The van der Waals surface area contributed by atoms with Crippen LogP contribution in [0.5, 0.6) is 0 Å². The van der Waals surface area contributed by atoms with Gasteiger partial charge in [-0.3, -0.25) is 4.79 Å². The molecule has 1 fully saturated rings. The molecule has 2 atom stereocenters. The molecule has 1 aliphatic rings. The lowest BCUT2D eigenvalue weighted by molar-refractivity contribution is -0.122. The molecule has 0 saturated carbocycles. The third-order valence-corrected chi connectivity index (χ3v) is 4.84. The highest BCUT2D eigenvalue weighted by Gasteiger charge is 2.35. The first-order chi connectivity index (χ1) is 6.47. The summed E-state index contributed by atoms with van der Waals surface area (Å²) in [6.45, 7) is 3.51. The van der Waals surface area contributed by atoms with Crippen LogP contribution in [-0.2, 0) is 14.6 Å². The number of amides is 1. The van der Waals surface area contributed by atoms with Crippen molar-refractivity contribution < 1.29 is 13.2 Å². The fraction of sp³-hybridized carbons (Fsp3) is 0.667. The number of carbonyl (C=O) groups excluding carboxylic acids is 1. The molecule has 4 nitrogen and oxygen atoms in total. The quantitative estimate of drug-likeness (QED) is 0.688. The maximum Gasteiger partial charge on any atom is 0.220 e. The third kappa shape index (κ3) is 2.35. The average molecular weight is 217 g/mol. The first-order valence-corrected chi connectivity index (χ1v) is 6.30. The van der Waals surface area contributed by atoms with Crippen molar-refractivity contribution in [2.24, 2.45) is 11.7 Å². The molecule has 0 bridgehead atoms. The molecule has 0 aromatic carbocycles. The molecule has 0 radical (unpaired) electrons. The number of primary amides is 1. The van der Waals surface area contributed by atoms with Gasteiger partial charge in [0.25, 0.3) is 0 Å². The van der Waals surface area contributed by atoms with Crippen molar-refractivity contribution in [1.82, 2.24) is 0 Å². The Hall–Kier alpha value is -0.840. The number of hydrogen-bond donors (Lipinski definition) is 1. The van der Waals surface area contributed by atoms with Crippen LogP contribution in [0.1, 0.15) is 19.3 Å². The maximum absolute atomic E-state index is 11.5. The van der Waals surface area contributed by atoms with Crippen LogP contribution in [0.15, 0.2) is 12.7 Å². The summed E-state index contributed by atoms with van der Waals surface area (Å²) < 4.78 is 23.1. The van der Waals surface area contributed by atoms with Crippen LogP contribution in [-0.4, -0.2) is 25.3 Å². The van der Waals surface area contributed by atoms with Gasteiger partial charge in [0.05, 0.1) is 11.0 Å². The van der Waals surface area contributed by atoms with Crippen LogP contribution in [0.25, 0.3) is 0 Å². The van der Waals surface area contributed by atoms with E-state index in [9.17, 15) is 13.2 Å². The Kier molecular flexibility index (Phi) is 3.31. The van der Waals surface area contributed by atoms with E-state index in [1.165, 1.54) is 0 Å². The van der Waals surface area contributed by atoms with E-state index < -0.39 is 21.0 Å². The molecule has 80 valence electrons. The molecule has 0 aromatic heterocycles. The highest BCUT2D eigenvalue weighted by atomic mass is 32.2. The van der Waals surface area contributed by atoms with E-state index in [2.05, 4.69) is 6.58 Å². The van der Waals surface area contributed by atoms with Gasteiger partial charge in [-0.05, 0) is 19.3 Å². The van der Waals surface area contributed by atoms with E-state index in [1.54, 1.807) is 6.08 Å². The number of sulfone groups is 1. The van der Waals surface area contributed by atoms with Crippen LogP contribution < -0.4 is 5.73 Å². The van der Waals surface area contributed by atoms with Crippen molar-refractivity contribution in [3.8, 4) is 0 Å². The van der Waals surface area contributed by atoms with E-state index in [4.69, 9.17) is 5.73 Å². The van der Waals surface area contributed by atoms with Gasteiger partial charge in [-0.15, -0.1) is 6.58 Å². The van der Waals surface area contributed by atoms with E-state index in [-0.39, 0.29) is 11.7 Å². The van der Waals surface area contributed by atoms with E-state index in [1.807, 2.05) is 0 Å². The van der Waals surface area contributed by atoms with Crippen molar-refractivity contribution in [3.63, 3.8) is 0 Å². The number of rotatable bonds is 3. The molecule has 1 rings (SSSR count). The lowest BCUT2D eigenvalue weighted by Crippen LogP contribution is -2.38. The zero-order valence-corrected chi connectivity index (χ0v) is 8.79. The van der Waals surface area contributed by atoms with Crippen molar-refractivity contribution >= 4 is 15.7 Å². The summed E-state index contributed by atoms with van der Waals surface area (Å²) in [4.78, 5) is 10.9. The standard InChI is InChI=1S/C9H15NO3S/c1-2-3-8-6-7(9(10)11)4-5-14(8,12)13/h2,7-8H,1,3-6H2,(H2,10,11). The van der Waals surface area contributed by atoms with Crippen LogP contribution in [0, 0.1) is 5.92 Å². The van der Waals surface area contributed by atoms with Gasteiger partial charge in [-0.25, -0.2) is 8.42 Å². The third-order valence-electron chi connectivity index (χ3n) is 2.64. The maximum atomic E-state index is 11.5. The first kappa shape index (κ1) is 11.2. The molecule has 2 N–H and O–H groups in total. The number of allylic oxidation sites excluding steroid dienone is 1. The van der Waals surface area contributed by atoms with Crippen LogP contribution in [0.4, 0.5) is 0 Å².